The molecule has 1 aromatic heterocycles. The molecule has 0 aromatic carbocycles. The van der Waals surface area contributed by atoms with Gasteiger partial charge in [0.2, 0.25) is 0 Å². The van der Waals surface area contributed by atoms with Gasteiger partial charge in [-0.25, -0.2) is 4.99 Å². The van der Waals surface area contributed by atoms with E-state index in [4.69, 9.17) is 4.74 Å². The maximum atomic E-state index is 5.94. The molecule has 23 heavy (non-hydrogen) atoms. The smallest absolute Gasteiger partial charge is 0.191 e. The number of aromatic nitrogens is 3. The van der Waals surface area contributed by atoms with E-state index in [2.05, 4.69) is 32.7 Å². The van der Waals surface area contributed by atoms with Crippen LogP contribution in [0.15, 0.2) is 11.3 Å². The molecule has 0 aliphatic heterocycles. The summed E-state index contributed by atoms with van der Waals surface area (Å²) in [5.74, 6) is 1.66. The summed E-state index contributed by atoms with van der Waals surface area (Å²) in [5.41, 5.74) is 0. The van der Waals surface area contributed by atoms with Crippen LogP contribution in [0.5, 0.6) is 0 Å². The molecule has 7 heteroatoms. The first-order valence-electron chi connectivity index (χ1n) is 8.76. The Kier molecular flexibility index (Phi) is 7.86. The fraction of sp³-hybridized carbons (Fsp3) is 0.812. The van der Waals surface area contributed by atoms with Crippen molar-refractivity contribution in [3.63, 3.8) is 0 Å². The Labute approximate surface area is 138 Å². The maximum Gasteiger partial charge on any atom is 0.191 e. The second-order valence-corrected chi connectivity index (χ2v) is 5.96. The van der Waals surface area contributed by atoms with E-state index >= 15 is 0 Å². The zero-order valence-corrected chi connectivity index (χ0v) is 14.4. The predicted molar refractivity (Wildman–Crippen MR) is 91.3 cm³/mol. The van der Waals surface area contributed by atoms with Gasteiger partial charge in [0, 0.05) is 26.7 Å². The second-order valence-electron chi connectivity index (χ2n) is 5.96. The summed E-state index contributed by atoms with van der Waals surface area (Å²) in [6, 6.07) is 0. The molecule has 1 heterocycles. The van der Waals surface area contributed by atoms with Crippen LogP contribution < -0.4 is 10.6 Å². The molecule has 1 aliphatic carbocycles. The van der Waals surface area contributed by atoms with Gasteiger partial charge in [-0.05, 0) is 26.2 Å². The van der Waals surface area contributed by atoms with E-state index in [1.165, 1.54) is 32.1 Å². The van der Waals surface area contributed by atoms with Crippen LogP contribution in [-0.4, -0.2) is 46.5 Å². The lowest BCUT2D eigenvalue weighted by Crippen LogP contribution is -2.38. The van der Waals surface area contributed by atoms with Crippen molar-refractivity contribution in [2.75, 3.05) is 19.7 Å². The van der Waals surface area contributed by atoms with E-state index in [-0.39, 0.29) is 0 Å². The molecule has 0 unspecified atom stereocenters. The van der Waals surface area contributed by atoms with E-state index < -0.39 is 0 Å². The molecule has 1 fully saturated rings. The van der Waals surface area contributed by atoms with Crippen molar-refractivity contribution in [1.29, 1.82) is 0 Å². The summed E-state index contributed by atoms with van der Waals surface area (Å²) in [6.45, 7) is 5.09. The van der Waals surface area contributed by atoms with Crippen LogP contribution in [0.25, 0.3) is 0 Å². The first-order chi connectivity index (χ1) is 11.3. The molecule has 1 aromatic rings. The number of aryl methyl sites for hydroxylation is 1. The van der Waals surface area contributed by atoms with Crippen molar-refractivity contribution < 1.29 is 4.74 Å². The summed E-state index contributed by atoms with van der Waals surface area (Å²) in [4.78, 5) is 4.53. The number of hydrogen-bond acceptors (Lipinski definition) is 4. The number of guanidine groups is 1. The number of nitrogens with zero attached hydrogens (tertiary/aromatic N) is 4. The number of ether oxygens (including phenoxy) is 1. The number of rotatable bonds is 8. The fourth-order valence-electron chi connectivity index (χ4n) is 2.70. The highest BCUT2D eigenvalue weighted by atomic mass is 16.5. The Morgan fingerprint density at radius 3 is 2.87 bits per heavy atom. The molecule has 1 saturated carbocycles. The lowest BCUT2D eigenvalue weighted by Gasteiger charge is -2.22. The lowest BCUT2D eigenvalue weighted by molar-refractivity contribution is 0.0277. The number of hydrogen-bond donors (Lipinski definition) is 2. The van der Waals surface area contributed by atoms with Gasteiger partial charge < -0.3 is 19.9 Å². The van der Waals surface area contributed by atoms with Gasteiger partial charge in [-0.1, -0.05) is 19.3 Å². The van der Waals surface area contributed by atoms with E-state index in [1.807, 2.05) is 11.6 Å². The Balaban J connectivity index is 1.64. The number of aliphatic imine (C=N–C) groups is 1. The summed E-state index contributed by atoms with van der Waals surface area (Å²) in [7, 11) is 1.92. The third-order valence-corrected chi connectivity index (χ3v) is 4.05. The Bertz CT molecular complexity index is 467. The van der Waals surface area contributed by atoms with Crippen LogP contribution in [0.4, 0.5) is 0 Å². The number of nitrogens with one attached hydrogen (secondary N) is 2. The van der Waals surface area contributed by atoms with Crippen LogP contribution in [0, 0.1) is 0 Å². The normalized spacial score (nSPS) is 16.5. The molecule has 0 radical (unpaired) electrons. The molecule has 0 amide bonds. The van der Waals surface area contributed by atoms with Gasteiger partial charge in [0.05, 0.1) is 6.10 Å². The van der Waals surface area contributed by atoms with Gasteiger partial charge in [-0.15, -0.1) is 10.2 Å². The quantitative estimate of drug-likeness (QED) is 0.432. The molecule has 1 aliphatic rings. The van der Waals surface area contributed by atoms with Crippen molar-refractivity contribution in [1.82, 2.24) is 25.4 Å². The van der Waals surface area contributed by atoms with Gasteiger partial charge in [0.25, 0.3) is 0 Å². The average molecular weight is 322 g/mol. The Morgan fingerprint density at radius 1 is 1.35 bits per heavy atom. The maximum absolute atomic E-state index is 5.94. The summed E-state index contributed by atoms with van der Waals surface area (Å²) >= 11 is 0. The minimum Gasteiger partial charge on any atom is -0.378 e. The van der Waals surface area contributed by atoms with Gasteiger partial charge in [-0.3, -0.25) is 0 Å². The van der Waals surface area contributed by atoms with E-state index in [1.54, 1.807) is 6.33 Å². The largest absolute Gasteiger partial charge is 0.378 e. The third kappa shape index (κ3) is 6.56. The van der Waals surface area contributed by atoms with Crippen LogP contribution >= 0.6 is 0 Å². The highest BCUT2D eigenvalue weighted by Crippen LogP contribution is 2.20. The average Bonchev–Trinajstić information content (AvgIpc) is 2.98. The molecule has 2 N–H and O–H groups in total. The molecular formula is C16H30N6O. The molecule has 130 valence electrons. The topological polar surface area (TPSA) is 76.4 Å². The SMILES string of the molecule is CCNC(=NCc1nncn1C)NCCCOC1CCCCC1. The molecule has 0 bridgehead atoms. The van der Waals surface area contributed by atoms with E-state index in [0.717, 1.165) is 37.9 Å². The van der Waals surface area contributed by atoms with E-state index in [0.29, 0.717) is 12.6 Å². The van der Waals surface area contributed by atoms with Crippen LogP contribution in [0.3, 0.4) is 0 Å². The standard InChI is InChI=1S/C16H30N6O/c1-3-17-16(19-12-15-21-20-13-22(15)2)18-10-7-11-23-14-8-5-4-6-9-14/h13-14H,3-12H2,1-2H3,(H2,17,18,19). The monoisotopic (exact) mass is 322 g/mol. The second kappa shape index (κ2) is 10.2. The molecule has 2 rings (SSSR count). The van der Waals surface area contributed by atoms with Gasteiger partial charge in [0.1, 0.15) is 12.9 Å². The Hall–Kier alpha value is -1.63. The van der Waals surface area contributed by atoms with E-state index in [9.17, 15) is 0 Å². The molecule has 0 saturated heterocycles. The predicted octanol–water partition coefficient (Wildman–Crippen LogP) is 1.61. The highest BCUT2D eigenvalue weighted by Gasteiger charge is 2.12. The van der Waals surface area contributed by atoms with Crippen molar-refractivity contribution in [3.05, 3.63) is 12.2 Å². The molecule has 0 atom stereocenters. The van der Waals surface area contributed by atoms with Crippen molar-refractivity contribution in [2.45, 2.75) is 58.1 Å². The summed E-state index contributed by atoms with van der Waals surface area (Å²) in [5, 5.41) is 14.5. The van der Waals surface area contributed by atoms with Gasteiger partial charge >= 0.3 is 0 Å². The van der Waals surface area contributed by atoms with Crippen molar-refractivity contribution in [3.8, 4) is 0 Å². The van der Waals surface area contributed by atoms with Crippen LogP contribution in [-0.2, 0) is 18.3 Å². The minimum atomic E-state index is 0.488. The fourth-order valence-corrected chi connectivity index (χ4v) is 2.70. The van der Waals surface area contributed by atoms with Crippen LogP contribution in [0.1, 0.15) is 51.3 Å². The van der Waals surface area contributed by atoms with Gasteiger partial charge in [-0.2, -0.15) is 0 Å². The first-order valence-corrected chi connectivity index (χ1v) is 8.76. The summed E-state index contributed by atoms with van der Waals surface area (Å²) in [6.07, 6.45) is 9.64. The zero-order chi connectivity index (χ0) is 16.3. The van der Waals surface area contributed by atoms with Crippen molar-refractivity contribution >= 4 is 5.96 Å². The zero-order valence-electron chi connectivity index (χ0n) is 14.4. The minimum absolute atomic E-state index is 0.488. The summed E-state index contributed by atoms with van der Waals surface area (Å²) < 4.78 is 7.82. The van der Waals surface area contributed by atoms with Crippen molar-refractivity contribution in [2.24, 2.45) is 12.0 Å². The lowest BCUT2D eigenvalue weighted by atomic mass is 9.98. The van der Waals surface area contributed by atoms with Crippen LogP contribution in [0.2, 0.25) is 0 Å². The van der Waals surface area contributed by atoms with Gasteiger partial charge in [0.15, 0.2) is 11.8 Å². The molecule has 7 nitrogen and oxygen atoms in total. The third-order valence-electron chi connectivity index (χ3n) is 4.05. The highest BCUT2D eigenvalue weighted by molar-refractivity contribution is 5.79. The molecular weight excluding hydrogens is 292 g/mol. The molecule has 0 spiro atoms. The Morgan fingerprint density at radius 2 is 2.17 bits per heavy atom. The first kappa shape index (κ1) is 17.7.